The molecule has 0 spiro atoms. The van der Waals surface area contributed by atoms with Crippen LogP contribution in [0.15, 0.2) is 30.3 Å². The van der Waals surface area contributed by atoms with Crippen molar-refractivity contribution in [3.63, 3.8) is 0 Å². The number of carbonyl (C=O) groups excluding carboxylic acids is 1. The molecule has 0 atom stereocenters. The molecule has 3 rings (SSSR count). The van der Waals surface area contributed by atoms with E-state index in [9.17, 15) is 4.79 Å². The van der Waals surface area contributed by atoms with Gasteiger partial charge in [-0.05, 0) is 38.8 Å². The first kappa shape index (κ1) is 20.6. The maximum atomic E-state index is 12.2. The molecule has 1 fully saturated rings. The first-order chi connectivity index (χ1) is 13.5. The molecule has 0 radical (unpaired) electrons. The molecule has 0 bridgehead atoms. The second-order valence-corrected chi connectivity index (χ2v) is 7.90. The van der Waals surface area contributed by atoms with Crippen LogP contribution in [0.4, 0.5) is 0 Å². The summed E-state index contributed by atoms with van der Waals surface area (Å²) < 4.78 is 2.01. The third-order valence-electron chi connectivity index (χ3n) is 5.29. The quantitative estimate of drug-likeness (QED) is 0.710. The Hall–Kier alpha value is -2.18. The molecule has 0 saturated carbocycles. The number of aromatic nitrogens is 2. The number of benzene rings is 1. The van der Waals surface area contributed by atoms with Gasteiger partial charge in [0.2, 0.25) is 5.91 Å². The van der Waals surface area contributed by atoms with Gasteiger partial charge in [-0.3, -0.25) is 19.3 Å². The van der Waals surface area contributed by atoms with Gasteiger partial charge in [-0.2, -0.15) is 5.10 Å². The predicted molar refractivity (Wildman–Crippen MR) is 112 cm³/mol. The van der Waals surface area contributed by atoms with E-state index in [-0.39, 0.29) is 5.91 Å². The van der Waals surface area contributed by atoms with Crippen molar-refractivity contribution in [3.8, 4) is 0 Å². The van der Waals surface area contributed by atoms with Crippen LogP contribution in [-0.4, -0.2) is 64.8 Å². The van der Waals surface area contributed by atoms with Gasteiger partial charge in [0.05, 0.1) is 12.2 Å². The predicted octanol–water partition coefficient (Wildman–Crippen LogP) is 2.13. The zero-order chi connectivity index (χ0) is 19.9. The van der Waals surface area contributed by atoms with Crippen LogP contribution in [0, 0.1) is 20.8 Å². The van der Waals surface area contributed by atoms with Gasteiger partial charge in [0.15, 0.2) is 0 Å². The minimum Gasteiger partial charge on any atom is -0.355 e. The van der Waals surface area contributed by atoms with Crippen LogP contribution in [0.5, 0.6) is 0 Å². The number of piperazine rings is 1. The van der Waals surface area contributed by atoms with E-state index >= 15 is 0 Å². The SMILES string of the molecule is Cc1cccc(CN2CCN(CC(=O)NCCCn3nc(C)cc3C)CC2)c1. The molecule has 1 amide bonds. The van der Waals surface area contributed by atoms with Gasteiger partial charge in [-0.1, -0.05) is 29.8 Å². The van der Waals surface area contributed by atoms with Crippen LogP contribution in [0.1, 0.15) is 28.9 Å². The summed E-state index contributed by atoms with van der Waals surface area (Å²) >= 11 is 0. The van der Waals surface area contributed by atoms with Gasteiger partial charge in [0, 0.05) is 51.5 Å². The third-order valence-corrected chi connectivity index (χ3v) is 5.29. The fourth-order valence-corrected chi connectivity index (χ4v) is 3.79. The number of amides is 1. The summed E-state index contributed by atoms with van der Waals surface area (Å²) in [6, 6.07) is 10.8. The van der Waals surface area contributed by atoms with E-state index in [1.54, 1.807) is 0 Å². The molecular weight excluding hydrogens is 350 g/mol. The number of carbonyl (C=O) groups is 1. The Morgan fingerprint density at radius 3 is 2.50 bits per heavy atom. The third kappa shape index (κ3) is 6.17. The van der Waals surface area contributed by atoms with E-state index in [1.807, 2.05) is 11.6 Å². The van der Waals surface area contributed by atoms with Gasteiger partial charge in [-0.15, -0.1) is 0 Å². The highest BCUT2D eigenvalue weighted by molar-refractivity contribution is 5.77. The lowest BCUT2D eigenvalue weighted by molar-refractivity contribution is -0.122. The highest BCUT2D eigenvalue weighted by atomic mass is 16.2. The Bertz CT molecular complexity index is 777. The van der Waals surface area contributed by atoms with Crippen LogP contribution < -0.4 is 5.32 Å². The van der Waals surface area contributed by atoms with Crippen molar-refractivity contribution in [3.05, 3.63) is 52.8 Å². The van der Waals surface area contributed by atoms with E-state index in [2.05, 4.69) is 64.4 Å². The van der Waals surface area contributed by atoms with Crippen molar-refractivity contribution in [1.82, 2.24) is 24.9 Å². The molecule has 0 unspecified atom stereocenters. The molecule has 0 aliphatic carbocycles. The lowest BCUT2D eigenvalue weighted by Gasteiger charge is -2.34. The molecule has 1 saturated heterocycles. The molecule has 1 aromatic heterocycles. The molecule has 1 aliphatic heterocycles. The first-order valence-electron chi connectivity index (χ1n) is 10.3. The van der Waals surface area contributed by atoms with Crippen molar-refractivity contribution >= 4 is 5.91 Å². The molecule has 1 aromatic carbocycles. The van der Waals surface area contributed by atoms with Crippen LogP contribution in [-0.2, 0) is 17.9 Å². The Labute approximate surface area is 168 Å². The molecule has 2 heterocycles. The Balaban J connectivity index is 1.31. The zero-order valence-corrected chi connectivity index (χ0v) is 17.4. The monoisotopic (exact) mass is 383 g/mol. The van der Waals surface area contributed by atoms with Gasteiger partial charge >= 0.3 is 0 Å². The fraction of sp³-hybridized carbons (Fsp3) is 0.545. The summed E-state index contributed by atoms with van der Waals surface area (Å²) in [6.07, 6.45) is 0.901. The second-order valence-electron chi connectivity index (χ2n) is 7.90. The van der Waals surface area contributed by atoms with Crippen molar-refractivity contribution in [2.45, 2.75) is 40.3 Å². The maximum Gasteiger partial charge on any atom is 0.234 e. The number of aryl methyl sites for hydroxylation is 4. The Kier molecular flexibility index (Phi) is 7.23. The molecular formula is C22H33N5O. The van der Waals surface area contributed by atoms with Gasteiger partial charge in [0.25, 0.3) is 0 Å². The van der Waals surface area contributed by atoms with E-state index in [0.717, 1.165) is 51.4 Å². The smallest absolute Gasteiger partial charge is 0.234 e. The normalized spacial score (nSPS) is 15.7. The summed E-state index contributed by atoms with van der Waals surface area (Å²) in [5.74, 6) is 0.125. The van der Waals surface area contributed by atoms with Crippen LogP contribution in [0.3, 0.4) is 0 Å². The average molecular weight is 384 g/mol. The van der Waals surface area contributed by atoms with Crippen LogP contribution in [0.25, 0.3) is 0 Å². The number of hydrogen-bond acceptors (Lipinski definition) is 4. The highest BCUT2D eigenvalue weighted by Gasteiger charge is 2.18. The minimum absolute atomic E-state index is 0.125. The van der Waals surface area contributed by atoms with Gasteiger partial charge < -0.3 is 5.32 Å². The molecule has 152 valence electrons. The number of nitrogens with zero attached hydrogens (tertiary/aromatic N) is 4. The molecule has 2 aromatic rings. The second kappa shape index (κ2) is 9.85. The molecule has 1 N–H and O–H groups in total. The molecule has 28 heavy (non-hydrogen) atoms. The van der Waals surface area contributed by atoms with Crippen molar-refractivity contribution in [2.75, 3.05) is 39.3 Å². The molecule has 1 aliphatic rings. The van der Waals surface area contributed by atoms with Gasteiger partial charge in [-0.25, -0.2) is 0 Å². The fourth-order valence-electron chi connectivity index (χ4n) is 3.79. The van der Waals surface area contributed by atoms with Crippen LogP contribution in [0.2, 0.25) is 0 Å². The largest absolute Gasteiger partial charge is 0.355 e. The minimum atomic E-state index is 0.125. The summed E-state index contributed by atoms with van der Waals surface area (Å²) in [7, 11) is 0. The van der Waals surface area contributed by atoms with Crippen molar-refractivity contribution in [2.24, 2.45) is 0 Å². The lowest BCUT2D eigenvalue weighted by Crippen LogP contribution is -2.49. The first-order valence-corrected chi connectivity index (χ1v) is 10.3. The van der Waals surface area contributed by atoms with Gasteiger partial charge in [0.1, 0.15) is 0 Å². The summed E-state index contributed by atoms with van der Waals surface area (Å²) in [6.45, 7) is 13.2. The van der Waals surface area contributed by atoms with E-state index in [0.29, 0.717) is 13.1 Å². The summed E-state index contributed by atoms with van der Waals surface area (Å²) in [4.78, 5) is 16.9. The van der Waals surface area contributed by atoms with E-state index in [4.69, 9.17) is 0 Å². The zero-order valence-electron chi connectivity index (χ0n) is 17.4. The maximum absolute atomic E-state index is 12.2. The molecule has 6 nitrogen and oxygen atoms in total. The molecule has 6 heteroatoms. The summed E-state index contributed by atoms with van der Waals surface area (Å²) in [5.41, 5.74) is 4.90. The van der Waals surface area contributed by atoms with E-state index in [1.165, 1.54) is 16.8 Å². The highest BCUT2D eigenvalue weighted by Crippen LogP contribution is 2.10. The summed E-state index contributed by atoms with van der Waals surface area (Å²) in [5, 5.41) is 7.50. The van der Waals surface area contributed by atoms with Crippen molar-refractivity contribution in [1.29, 1.82) is 0 Å². The number of rotatable bonds is 8. The Morgan fingerprint density at radius 1 is 1.07 bits per heavy atom. The standard InChI is InChI=1S/C22H33N5O/c1-18-6-4-7-21(14-18)16-25-10-12-26(13-11-25)17-22(28)23-8-5-9-27-20(3)15-19(2)24-27/h4,6-7,14-15H,5,8-13,16-17H2,1-3H3,(H,23,28). The lowest BCUT2D eigenvalue weighted by atomic mass is 10.1. The van der Waals surface area contributed by atoms with E-state index < -0.39 is 0 Å². The topological polar surface area (TPSA) is 53.4 Å². The van der Waals surface area contributed by atoms with Crippen molar-refractivity contribution < 1.29 is 4.79 Å². The van der Waals surface area contributed by atoms with Crippen LogP contribution >= 0.6 is 0 Å². The number of nitrogens with one attached hydrogen (secondary N) is 1. The Morgan fingerprint density at radius 2 is 1.82 bits per heavy atom. The average Bonchev–Trinajstić information content (AvgIpc) is 2.98. The number of hydrogen-bond donors (Lipinski definition) is 1.